The molecule has 0 radical (unpaired) electrons. The van der Waals surface area contributed by atoms with Crippen LogP contribution in [-0.2, 0) is 14.3 Å². The van der Waals surface area contributed by atoms with Crippen molar-refractivity contribution in [1.29, 1.82) is 0 Å². The molecule has 0 saturated heterocycles. The molecule has 2 rings (SSSR count). The summed E-state index contributed by atoms with van der Waals surface area (Å²) >= 11 is 17.4. The summed E-state index contributed by atoms with van der Waals surface area (Å²) < 4.78 is 4.77. The number of amides is 2. The molecule has 0 bridgehead atoms. The molecule has 0 aliphatic rings. The standard InChI is InChI=1S/C16H12Cl3N3O4/c17-9-3-4-10(11(18)6-9)16(25)21-7-14(24)26-8-13(23)22-12-2-1-5-20-15(12)19/h1-6H,7-8H2,(H,21,25)(H,22,23). The summed E-state index contributed by atoms with van der Waals surface area (Å²) in [5, 5.41) is 5.42. The lowest BCUT2D eigenvalue weighted by molar-refractivity contribution is -0.146. The third-order valence-corrected chi connectivity index (χ3v) is 3.82. The number of benzene rings is 1. The maximum Gasteiger partial charge on any atom is 0.325 e. The zero-order chi connectivity index (χ0) is 19.1. The van der Waals surface area contributed by atoms with Crippen LogP contribution in [0, 0.1) is 0 Å². The number of halogens is 3. The molecule has 26 heavy (non-hydrogen) atoms. The molecule has 136 valence electrons. The molecule has 1 aromatic carbocycles. The molecule has 0 aliphatic heterocycles. The first kappa shape index (κ1) is 20.0. The summed E-state index contributed by atoms with van der Waals surface area (Å²) in [6.45, 7) is -0.972. The van der Waals surface area contributed by atoms with E-state index in [0.29, 0.717) is 10.7 Å². The lowest BCUT2D eigenvalue weighted by Gasteiger charge is -2.09. The summed E-state index contributed by atoms with van der Waals surface area (Å²) in [6, 6.07) is 7.46. The predicted molar refractivity (Wildman–Crippen MR) is 97.6 cm³/mol. The number of hydrogen-bond acceptors (Lipinski definition) is 5. The highest BCUT2D eigenvalue weighted by molar-refractivity contribution is 6.36. The van der Waals surface area contributed by atoms with Gasteiger partial charge in [-0.1, -0.05) is 34.8 Å². The van der Waals surface area contributed by atoms with Crippen LogP contribution in [0.25, 0.3) is 0 Å². The molecule has 0 fully saturated rings. The summed E-state index contributed by atoms with van der Waals surface area (Å²) in [5.74, 6) is -1.97. The highest BCUT2D eigenvalue weighted by Gasteiger charge is 2.14. The molecule has 0 atom stereocenters. The molecule has 0 aliphatic carbocycles. The number of anilines is 1. The van der Waals surface area contributed by atoms with Crippen LogP contribution < -0.4 is 10.6 Å². The number of ether oxygens (including phenoxy) is 1. The summed E-state index contributed by atoms with van der Waals surface area (Å²) in [7, 11) is 0. The fourth-order valence-corrected chi connectivity index (χ4v) is 2.44. The monoisotopic (exact) mass is 415 g/mol. The number of aromatic nitrogens is 1. The molecule has 2 N–H and O–H groups in total. The van der Waals surface area contributed by atoms with Gasteiger partial charge in [-0.2, -0.15) is 0 Å². The lowest BCUT2D eigenvalue weighted by Crippen LogP contribution is -2.32. The van der Waals surface area contributed by atoms with Gasteiger partial charge in [-0.3, -0.25) is 14.4 Å². The first-order chi connectivity index (χ1) is 12.4. The second-order valence-electron chi connectivity index (χ2n) is 4.86. The quantitative estimate of drug-likeness (QED) is 0.557. The van der Waals surface area contributed by atoms with Crippen molar-refractivity contribution in [3.63, 3.8) is 0 Å². The maximum absolute atomic E-state index is 12.0. The van der Waals surface area contributed by atoms with Crippen molar-refractivity contribution in [1.82, 2.24) is 10.3 Å². The number of carbonyl (C=O) groups excluding carboxylic acids is 3. The molecule has 7 nitrogen and oxygen atoms in total. The van der Waals surface area contributed by atoms with Gasteiger partial charge in [-0.15, -0.1) is 0 Å². The Balaban J connectivity index is 1.77. The summed E-state index contributed by atoms with van der Waals surface area (Å²) in [6.07, 6.45) is 1.47. The Hall–Kier alpha value is -2.35. The van der Waals surface area contributed by atoms with Gasteiger partial charge in [0.25, 0.3) is 11.8 Å². The number of esters is 1. The van der Waals surface area contributed by atoms with E-state index in [9.17, 15) is 14.4 Å². The van der Waals surface area contributed by atoms with Crippen molar-refractivity contribution < 1.29 is 19.1 Å². The van der Waals surface area contributed by atoms with E-state index in [-0.39, 0.29) is 15.7 Å². The van der Waals surface area contributed by atoms with Crippen molar-refractivity contribution in [2.75, 3.05) is 18.5 Å². The SMILES string of the molecule is O=C(COC(=O)CNC(=O)c1ccc(Cl)cc1Cl)Nc1cccnc1Cl. The number of carbonyl (C=O) groups is 3. The van der Waals surface area contributed by atoms with E-state index in [1.165, 1.54) is 24.4 Å². The molecule has 0 spiro atoms. The minimum Gasteiger partial charge on any atom is -0.454 e. The average Bonchev–Trinajstić information content (AvgIpc) is 2.60. The summed E-state index contributed by atoms with van der Waals surface area (Å²) in [5.41, 5.74) is 0.453. The fraction of sp³-hybridized carbons (Fsp3) is 0.125. The molecule has 0 unspecified atom stereocenters. The van der Waals surface area contributed by atoms with E-state index in [4.69, 9.17) is 39.5 Å². The van der Waals surface area contributed by atoms with Crippen LogP contribution in [0.2, 0.25) is 15.2 Å². The lowest BCUT2D eigenvalue weighted by atomic mass is 10.2. The Kier molecular flexibility index (Phi) is 7.20. The van der Waals surface area contributed by atoms with Crippen LogP contribution in [0.3, 0.4) is 0 Å². The van der Waals surface area contributed by atoms with Gasteiger partial charge in [0.1, 0.15) is 6.54 Å². The van der Waals surface area contributed by atoms with Gasteiger partial charge in [0.15, 0.2) is 11.8 Å². The van der Waals surface area contributed by atoms with Gasteiger partial charge in [-0.25, -0.2) is 4.98 Å². The first-order valence-electron chi connectivity index (χ1n) is 7.16. The van der Waals surface area contributed by atoms with Gasteiger partial charge in [0.2, 0.25) is 0 Å². The number of pyridine rings is 1. The van der Waals surface area contributed by atoms with E-state index in [1.807, 2.05) is 0 Å². The van der Waals surface area contributed by atoms with E-state index in [2.05, 4.69) is 15.6 Å². The molecular formula is C16H12Cl3N3O4. The highest BCUT2D eigenvalue weighted by atomic mass is 35.5. The van der Waals surface area contributed by atoms with Crippen LogP contribution in [-0.4, -0.2) is 35.9 Å². The van der Waals surface area contributed by atoms with Gasteiger partial charge < -0.3 is 15.4 Å². The average molecular weight is 417 g/mol. The van der Waals surface area contributed by atoms with Crippen LogP contribution >= 0.6 is 34.8 Å². The van der Waals surface area contributed by atoms with Gasteiger partial charge in [0, 0.05) is 11.2 Å². The maximum atomic E-state index is 12.0. The smallest absolute Gasteiger partial charge is 0.325 e. The van der Waals surface area contributed by atoms with Gasteiger partial charge in [-0.05, 0) is 30.3 Å². The zero-order valence-electron chi connectivity index (χ0n) is 13.1. The van der Waals surface area contributed by atoms with Crippen molar-refractivity contribution >= 4 is 58.3 Å². The van der Waals surface area contributed by atoms with Crippen LogP contribution in [0.1, 0.15) is 10.4 Å². The van der Waals surface area contributed by atoms with E-state index < -0.39 is 30.9 Å². The highest BCUT2D eigenvalue weighted by Crippen LogP contribution is 2.20. The van der Waals surface area contributed by atoms with E-state index in [0.717, 1.165) is 0 Å². The normalized spacial score (nSPS) is 10.1. The van der Waals surface area contributed by atoms with Crippen molar-refractivity contribution in [2.45, 2.75) is 0 Å². The third kappa shape index (κ3) is 5.87. The van der Waals surface area contributed by atoms with Crippen molar-refractivity contribution in [3.8, 4) is 0 Å². The number of nitrogens with zero attached hydrogens (tertiary/aromatic N) is 1. The topological polar surface area (TPSA) is 97.4 Å². The predicted octanol–water partition coefficient (Wildman–Crippen LogP) is 2.95. The first-order valence-corrected chi connectivity index (χ1v) is 8.29. The largest absolute Gasteiger partial charge is 0.454 e. The van der Waals surface area contributed by atoms with Crippen LogP contribution in [0.5, 0.6) is 0 Å². The Bertz CT molecular complexity index is 845. The third-order valence-electron chi connectivity index (χ3n) is 2.97. The molecule has 1 heterocycles. The van der Waals surface area contributed by atoms with Crippen molar-refractivity contribution in [3.05, 3.63) is 57.3 Å². The molecular weight excluding hydrogens is 405 g/mol. The minimum absolute atomic E-state index is 0.110. The Morgan fingerprint density at radius 3 is 2.58 bits per heavy atom. The second kappa shape index (κ2) is 9.38. The number of rotatable bonds is 6. The zero-order valence-corrected chi connectivity index (χ0v) is 15.4. The second-order valence-corrected chi connectivity index (χ2v) is 6.06. The van der Waals surface area contributed by atoms with Crippen LogP contribution in [0.4, 0.5) is 5.69 Å². The molecule has 2 amide bonds. The fourth-order valence-electron chi connectivity index (χ4n) is 1.78. The molecule has 0 saturated carbocycles. The van der Waals surface area contributed by atoms with Crippen LogP contribution in [0.15, 0.2) is 36.5 Å². The van der Waals surface area contributed by atoms with E-state index in [1.54, 1.807) is 12.1 Å². The Morgan fingerprint density at radius 2 is 1.88 bits per heavy atom. The van der Waals surface area contributed by atoms with Gasteiger partial charge in [0.05, 0.1) is 16.3 Å². The molecule has 2 aromatic rings. The minimum atomic E-state index is -0.795. The Morgan fingerprint density at radius 1 is 1.12 bits per heavy atom. The molecule has 10 heteroatoms. The Labute approximate surface area is 163 Å². The van der Waals surface area contributed by atoms with Crippen molar-refractivity contribution in [2.24, 2.45) is 0 Å². The molecule has 1 aromatic heterocycles. The number of nitrogens with one attached hydrogen (secondary N) is 2. The number of hydrogen-bond donors (Lipinski definition) is 2. The van der Waals surface area contributed by atoms with Gasteiger partial charge >= 0.3 is 5.97 Å². The summed E-state index contributed by atoms with van der Waals surface area (Å²) in [4.78, 5) is 39.1. The van der Waals surface area contributed by atoms with E-state index >= 15 is 0 Å².